The van der Waals surface area contributed by atoms with Gasteiger partial charge in [0.25, 0.3) is 0 Å². The van der Waals surface area contributed by atoms with Gasteiger partial charge in [-0.05, 0) is 13.3 Å². The fraction of sp³-hybridized carbons (Fsp3) is 1.00. The quantitative estimate of drug-likeness (QED) is 0.643. The maximum atomic E-state index is 10.9. The molecule has 0 heterocycles. The van der Waals surface area contributed by atoms with Crippen LogP contribution in [-0.4, -0.2) is 51.6 Å². The summed E-state index contributed by atoms with van der Waals surface area (Å²) in [6.07, 6.45) is 1.05. The van der Waals surface area contributed by atoms with Gasteiger partial charge < -0.3 is 14.6 Å². The van der Waals surface area contributed by atoms with E-state index in [0.29, 0.717) is 0 Å². The number of aliphatic hydroxyl groups is 1. The molecule has 0 bridgehead atoms. The molecule has 0 aliphatic rings. The van der Waals surface area contributed by atoms with Crippen LogP contribution in [0.25, 0.3) is 0 Å². The molecular weight excluding hydrogens is 220 g/mol. The lowest BCUT2D eigenvalue weighted by Crippen LogP contribution is -2.33. The van der Waals surface area contributed by atoms with Crippen LogP contribution in [0.4, 0.5) is 0 Å². The van der Waals surface area contributed by atoms with Crippen LogP contribution in [0.3, 0.4) is 0 Å². The first-order valence-electron chi connectivity index (χ1n) is 4.66. The monoisotopic (exact) mass is 240 g/mol. The van der Waals surface area contributed by atoms with Crippen molar-refractivity contribution in [3.8, 4) is 0 Å². The van der Waals surface area contributed by atoms with Crippen LogP contribution in [-0.2, 0) is 19.3 Å². The Kier molecular flexibility index (Phi) is 5.72. The summed E-state index contributed by atoms with van der Waals surface area (Å²) in [4.78, 5) is 0. The summed E-state index contributed by atoms with van der Waals surface area (Å²) in [5, 5.41) is 9.89. The van der Waals surface area contributed by atoms with Gasteiger partial charge in [-0.2, -0.15) is 0 Å². The Balaban J connectivity index is 4.17. The minimum Gasteiger partial charge on any atom is -0.390 e. The summed E-state index contributed by atoms with van der Waals surface area (Å²) in [6.45, 7) is 1.57. The topological polar surface area (TPSA) is 72.8 Å². The van der Waals surface area contributed by atoms with Gasteiger partial charge in [-0.1, -0.05) is 0 Å². The summed E-state index contributed by atoms with van der Waals surface area (Å²) in [5.41, 5.74) is -1.10. The molecule has 1 atom stereocenters. The molecule has 0 aromatic rings. The van der Waals surface area contributed by atoms with Gasteiger partial charge in [0.15, 0.2) is 6.29 Å². The molecule has 0 aromatic heterocycles. The number of methoxy groups -OCH3 is 2. The van der Waals surface area contributed by atoms with E-state index in [1.54, 1.807) is 6.92 Å². The molecule has 1 N–H and O–H groups in total. The Labute approximate surface area is 91.3 Å². The van der Waals surface area contributed by atoms with Gasteiger partial charge in [-0.15, -0.1) is 0 Å². The van der Waals surface area contributed by atoms with Crippen LogP contribution in [0.5, 0.6) is 0 Å². The van der Waals surface area contributed by atoms with E-state index in [1.165, 1.54) is 14.2 Å². The minimum absolute atomic E-state index is 0.0415. The molecule has 0 radical (unpaired) electrons. The highest BCUT2D eigenvalue weighted by molar-refractivity contribution is 7.90. The van der Waals surface area contributed by atoms with Crippen molar-refractivity contribution in [1.29, 1.82) is 0 Å². The molecule has 1 unspecified atom stereocenters. The first kappa shape index (κ1) is 14.8. The second-order valence-corrected chi connectivity index (χ2v) is 6.24. The van der Waals surface area contributed by atoms with Gasteiger partial charge >= 0.3 is 0 Å². The van der Waals surface area contributed by atoms with E-state index in [0.717, 1.165) is 6.26 Å². The number of hydrogen-bond donors (Lipinski definition) is 1. The second kappa shape index (κ2) is 5.79. The van der Waals surface area contributed by atoms with Crippen molar-refractivity contribution in [3.05, 3.63) is 0 Å². The van der Waals surface area contributed by atoms with Crippen molar-refractivity contribution in [2.75, 3.05) is 26.2 Å². The van der Waals surface area contributed by atoms with Gasteiger partial charge in [-0.3, -0.25) is 0 Å². The van der Waals surface area contributed by atoms with Crippen LogP contribution in [0.1, 0.15) is 19.8 Å². The van der Waals surface area contributed by atoms with E-state index >= 15 is 0 Å². The third kappa shape index (κ3) is 7.72. The highest BCUT2D eigenvalue weighted by atomic mass is 32.2. The number of hydrogen-bond acceptors (Lipinski definition) is 5. The normalized spacial score (nSPS) is 16.7. The first-order chi connectivity index (χ1) is 6.70. The van der Waals surface area contributed by atoms with E-state index in [4.69, 9.17) is 9.47 Å². The molecule has 0 spiro atoms. The fourth-order valence-corrected chi connectivity index (χ4v) is 1.94. The van der Waals surface area contributed by atoms with Crippen molar-refractivity contribution < 1.29 is 23.0 Å². The lowest BCUT2D eigenvalue weighted by Gasteiger charge is -2.26. The third-order valence-corrected chi connectivity index (χ3v) is 3.09. The van der Waals surface area contributed by atoms with Crippen LogP contribution in [0, 0.1) is 0 Å². The summed E-state index contributed by atoms with van der Waals surface area (Å²) in [7, 11) is -0.102. The van der Waals surface area contributed by atoms with E-state index in [1.807, 2.05) is 0 Å². The molecule has 15 heavy (non-hydrogen) atoms. The molecule has 0 saturated carbocycles. The number of sulfone groups is 1. The van der Waals surface area contributed by atoms with E-state index < -0.39 is 21.7 Å². The predicted octanol–water partition coefficient (Wildman–Crippen LogP) is 0.181. The molecule has 0 rings (SSSR count). The minimum atomic E-state index is -3.05. The smallest absolute Gasteiger partial charge is 0.159 e. The summed E-state index contributed by atoms with van der Waals surface area (Å²) >= 11 is 0. The van der Waals surface area contributed by atoms with Gasteiger partial charge in [0.05, 0.1) is 11.4 Å². The van der Waals surface area contributed by atoms with Gasteiger partial charge in [-0.25, -0.2) is 8.42 Å². The number of rotatable bonds is 7. The van der Waals surface area contributed by atoms with Crippen molar-refractivity contribution >= 4 is 9.84 Å². The molecule has 0 aliphatic heterocycles. The molecule has 92 valence electrons. The SMILES string of the molecule is COC(CC(C)(O)CCS(C)(=O)=O)OC. The maximum absolute atomic E-state index is 10.9. The first-order valence-corrected chi connectivity index (χ1v) is 6.72. The summed E-state index contributed by atoms with van der Waals surface area (Å²) < 4.78 is 31.7. The van der Waals surface area contributed by atoms with Crippen molar-refractivity contribution in [2.45, 2.75) is 31.7 Å². The standard InChI is InChI=1S/C9H20O5S/c1-9(10,5-6-15(4,11)12)7-8(13-2)14-3/h8,10H,5-7H2,1-4H3. The summed E-state index contributed by atoms with van der Waals surface area (Å²) in [6, 6.07) is 0. The Hall–Kier alpha value is -0.170. The van der Waals surface area contributed by atoms with Gasteiger partial charge in [0.2, 0.25) is 0 Å². The Bertz CT molecular complexity index is 266. The van der Waals surface area contributed by atoms with Gasteiger partial charge in [0.1, 0.15) is 9.84 Å². The van der Waals surface area contributed by atoms with Crippen molar-refractivity contribution in [3.63, 3.8) is 0 Å². The average molecular weight is 240 g/mol. The second-order valence-electron chi connectivity index (χ2n) is 3.98. The lowest BCUT2D eigenvalue weighted by molar-refractivity contribution is -0.140. The number of ether oxygens (including phenoxy) is 2. The molecule has 0 fully saturated rings. The van der Waals surface area contributed by atoms with Crippen LogP contribution in [0.2, 0.25) is 0 Å². The fourth-order valence-electron chi connectivity index (χ4n) is 1.13. The van der Waals surface area contributed by atoms with Crippen molar-refractivity contribution in [1.82, 2.24) is 0 Å². The van der Waals surface area contributed by atoms with E-state index in [9.17, 15) is 13.5 Å². The molecule has 5 nitrogen and oxygen atoms in total. The maximum Gasteiger partial charge on any atom is 0.159 e. The molecule has 0 saturated heterocycles. The van der Waals surface area contributed by atoms with Gasteiger partial charge in [0, 0.05) is 26.9 Å². The van der Waals surface area contributed by atoms with E-state index in [2.05, 4.69) is 0 Å². The third-order valence-electron chi connectivity index (χ3n) is 2.14. The van der Waals surface area contributed by atoms with Crippen LogP contribution < -0.4 is 0 Å². The molecule has 0 aliphatic carbocycles. The molecular formula is C9H20O5S. The zero-order valence-electron chi connectivity index (χ0n) is 9.69. The zero-order valence-corrected chi connectivity index (χ0v) is 10.5. The van der Waals surface area contributed by atoms with Crippen LogP contribution >= 0.6 is 0 Å². The molecule has 0 amide bonds. The Morgan fingerprint density at radius 3 is 2.13 bits per heavy atom. The zero-order chi connectivity index (χ0) is 12.1. The van der Waals surface area contributed by atoms with E-state index in [-0.39, 0.29) is 18.6 Å². The van der Waals surface area contributed by atoms with Crippen molar-refractivity contribution in [2.24, 2.45) is 0 Å². The molecule has 0 aromatic carbocycles. The highest BCUT2D eigenvalue weighted by Crippen LogP contribution is 2.19. The van der Waals surface area contributed by atoms with Crippen LogP contribution in [0.15, 0.2) is 0 Å². The Morgan fingerprint density at radius 2 is 1.80 bits per heavy atom. The highest BCUT2D eigenvalue weighted by Gasteiger charge is 2.26. The predicted molar refractivity (Wildman–Crippen MR) is 57.4 cm³/mol. The largest absolute Gasteiger partial charge is 0.390 e. The molecule has 6 heteroatoms. The summed E-state index contributed by atoms with van der Waals surface area (Å²) in [5.74, 6) is -0.0415. The lowest BCUT2D eigenvalue weighted by atomic mass is 9.99. The Morgan fingerprint density at radius 1 is 1.33 bits per heavy atom. The average Bonchev–Trinajstić information content (AvgIpc) is 2.10.